The van der Waals surface area contributed by atoms with Gasteiger partial charge >= 0.3 is 0 Å². The van der Waals surface area contributed by atoms with E-state index >= 15 is 0 Å². The number of nitroso groups, excluding NO2 is 1. The Morgan fingerprint density at radius 1 is 1.24 bits per heavy atom. The van der Waals surface area contributed by atoms with Crippen molar-refractivity contribution in [1.29, 1.82) is 0 Å². The molecule has 3 aliphatic rings. The van der Waals surface area contributed by atoms with Gasteiger partial charge < -0.3 is 20.9 Å². The summed E-state index contributed by atoms with van der Waals surface area (Å²) in [5.74, 6) is -1.42. The Labute approximate surface area is 225 Å². The van der Waals surface area contributed by atoms with E-state index in [0.29, 0.717) is 18.4 Å². The molecule has 2 aliphatic carbocycles. The summed E-state index contributed by atoms with van der Waals surface area (Å²) in [7, 11) is 2.07. The number of hydrogen-bond donors (Lipinski definition) is 2. The molecule has 1 aliphatic heterocycles. The van der Waals surface area contributed by atoms with Crippen LogP contribution in [0.5, 0.6) is 0 Å². The highest BCUT2D eigenvalue weighted by Gasteiger charge is 2.54. The molecule has 1 aromatic heterocycles. The summed E-state index contributed by atoms with van der Waals surface area (Å²) in [4.78, 5) is 49.0. The number of ketones is 1. The lowest BCUT2D eigenvalue weighted by Crippen LogP contribution is -2.45. The van der Waals surface area contributed by atoms with Crippen LogP contribution in [0.15, 0.2) is 29.6 Å². The molecule has 2 heterocycles. The highest BCUT2D eigenvalue weighted by atomic mass is 35.5. The Bertz CT molecular complexity index is 1240. The fourth-order valence-corrected chi connectivity index (χ4v) is 6.75. The summed E-state index contributed by atoms with van der Waals surface area (Å²) in [5.41, 5.74) is 7.30. The van der Waals surface area contributed by atoms with Gasteiger partial charge in [-0.1, -0.05) is 0 Å². The topological polar surface area (TPSA) is 134 Å². The first-order chi connectivity index (χ1) is 18.2. The number of primary amides is 1. The number of rotatable bonds is 9. The van der Waals surface area contributed by atoms with Gasteiger partial charge in [0.15, 0.2) is 17.4 Å². The van der Waals surface area contributed by atoms with Gasteiger partial charge in [0.25, 0.3) is 0 Å². The lowest BCUT2D eigenvalue weighted by Gasteiger charge is -2.36. The van der Waals surface area contributed by atoms with Gasteiger partial charge in [-0.25, -0.2) is 9.37 Å². The Morgan fingerprint density at radius 3 is 2.71 bits per heavy atom. The number of aromatic nitrogens is 2. The zero-order valence-corrected chi connectivity index (χ0v) is 21.9. The first kappa shape index (κ1) is 26.4. The van der Waals surface area contributed by atoms with Crippen molar-refractivity contribution >= 4 is 40.5 Å². The van der Waals surface area contributed by atoms with Gasteiger partial charge in [0.1, 0.15) is 5.69 Å². The average molecular weight is 544 g/mol. The first-order valence-electron chi connectivity index (χ1n) is 12.9. The number of amides is 1. The Hall–Kier alpha value is -3.18. The molecule has 2 saturated carbocycles. The normalized spacial score (nSPS) is 26.9. The van der Waals surface area contributed by atoms with Crippen LogP contribution in [0.25, 0.3) is 0 Å². The summed E-state index contributed by atoms with van der Waals surface area (Å²) in [6.45, 7) is 3.37. The van der Waals surface area contributed by atoms with Crippen molar-refractivity contribution in [3.05, 3.63) is 46.0 Å². The number of carbonyl (C=O) groups is 2. The van der Waals surface area contributed by atoms with E-state index in [9.17, 15) is 18.9 Å². The maximum absolute atomic E-state index is 14.4. The second-order valence-electron chi connectivity index (χ2n) is 10.6. The molecule has 3 N–H and O–H groups in total. The molecule has 1 amide bonds. The van der Waals surface area contributed by atoms with Gasteiger partial charge in [0, 0.05) is 49.9 Å². The van der Waals surface area contributed by atoms with Gasteiger partial charge in [-0.15, -0.1) is 4.91 Å². The van der Waals surface area contributed by atoms with Crippen LogP contribution in [0.1, 0.15) is 36.0 Å². The van der Waals surface area contributed by atoms with E-state index in [1.807, 2.05) is 6.07 Å². The molecular formula is C26H31ClFN7O3. The van der Waals surface area contributed by atoms with Crippen LogP contribution in [0.2, 0.25) is 5.28 Å². The van der Waals surface area contributed by atoms with E-state index in [4.69, 9.17) is 17.3 Å². The standard InChI is InChI=1S/C26H31ClFN7O3/c1-34-6-8-35(9-7-34)20-4-3-16(33-38)12-18(20)21(36)5-2-14-10-15-11-17(14)23(22(15)24(29)37)31-25-19(28)13-30-26(27)32-25/h3-4,12-15,17,22-23H,2,5-11H2,1H3,(H2,29,37)(H,30,31,32)/t14-,15+,17-,22+,23-/m1/s1. The number of anilines is 2. The van der Waals surface area contributed by atoms with Crippen molar-refractivity contribution in [2.24, 2.45) is 34.6 Å². The fraction of sp³-hybridized carbons (Fsp3) is 0.538. The number of nitrogens with zero attached hydrogens (tertiary/aromatic N) is 5. The van der Waals surface area contributed by atoms with Gasteiger partial charge in [-0.05, 0) is 79.0 Å². The molecule has 2 bridgehead atoms. The number of piperazine rings is 1. The second-order valence-corrected chi connectivity index (χ2v) is 11.0. The molecule has 5 atom stereocenters. The summed E-state index contributed by atoms with van der Waals surface area (Å²) in [6.07, 6.45) is 3.43. The third-order valence-corrected chi connectivity index (χ3v) is 8.64. The summed E-state index contributed by atoms with van der Waals surface area (Å²) >= 11 is 5.86. The second kappa shape index (κ2) is 10.9. The predicted molar refractivity (Wildman–Crippen MR) is 142 cm³/mol. The minimum Gasteiger partial charge on any atom is -0.369 e. The van der Waals surface area contributed by atoms with E-state index in [-0.39, 0.29) is 40.3 Å². The van der Waals surface area contributed by atoms with E-state index in [1.54, 1.807) is 12.1 Å². The van der Waals surface area contributed by atoms with E-state index < -0.39 is 23.7 Å². The Balaban J connectivity index is 1.31. The highest BCUT2D eigenvalue weighted by Crippen LogP contribution is 2.54. The zero-order chi connectivity index (χ0) is 27.0. The fourth-order valence-electron chi connectivity index (χ4n) is 6.62. The van der Waals surface area contributed by atoms with Gasteiger partial charge in [0.2, 0.25) is 11.2 Å². The lowest BCUT2D eigenvalue weighted by atomic mass is 9.75. The van der Waals surface area contributed by atoms with Crippen molar-refractivity contribution in [3.63, 3.8) is 0 Å². The minimum absolute atomic E-state index is 0.0264. The van der Waals surface area contributed by atoms with Crippen molar-refractivity contribution < 1.29 is 14.0 Å². The lowest BCUT2D eigenvalue weighted by molar-refractivity contribution is -0.123. The van der Waals surface area contributed by atoms with Crippen molar-refractivity contribution in [3.8, 4) is 0 Å². The van der Waals surface area contributed by atoms with E-state index in [1.165, 1.54) is 0 Å². The third kappa shape index (κ3) is 5.22. The molecule has 202 valence electrons. The van der Waals surface area contributed by atoms with Crippen LogP contribution in [0, 0.1) is 34.4 Å². The van der Waals surface area contributed by atoms with Crippen LogP contribution in [-0.4, -0.2) is 65.8 Å². The summed E-state index contributed by atoms with van der Waals surface area (Å²) in [5, 5.41) is 6.02. The molecule has 0 unspecified atom stereocenters. The Morgan fingerprint density at radius 2 is 2.00 bits per heavy atom. The molecule has 5 rings (SSSR count). The average Bonchev–Trinajstić information content (AvgIpc) is 3.48. The van der Waals surface area contributed by atoms with E-state index in [2.05, 4.69) is 37.3 Å². The molecule has 0 radical (unpaired) electrons. The largest absolute Gasteiger partial charge is 0.369 e. The molecule has 3 fully saturated rings. The molecule has 1 aromatic carbocycles. The number of benzene rings is 1. The van der Waals surface area contributed by atoms with E-state index in [0.717, 1.165) is 50.9 Å². The molecule has 38 heavy (non-hydrogen) atoms. The molecular weight excluding hydrogens is 513 g/mol. The van der Waals surface area contributed by atoms with Gasteiger partial charge in [0.05, 0.1) is 12.1 Å². The van der Waals surface area contributed by atoms with Crippen molar-refractivity contribution in [2.45, 2.75) is 31.7 Å². The SMILES string of the molecule is CN1CCN(c2ccc(N=O)cc2C(=O)CC[C@@H]2C[C@H]3C[C@H]2[C@@H](Nc2nc(Cl)ncc2F)[C@H]3C(N)=O)CC1. The Kier molecular flexibility index (Phi) is 7.58. The van der Waals surface area contributed by atoms with Crippen LogP contribution >= 0.6 is 11.6 Å². The van der Waals surface area contributed by atoms with Crippen LogP contribution in [0.4, 0.5) is 21.6 Å². The van der Waals surface area contributed by atoms with Crippen molar-refractivity contribution in [2.75, 3.05) is 43.4 Å². The zero-order valence-electron chi connectivity index (χ0n) is 21.1. The summed E-state index contributed by atoms with van der Waals surface area (Å²) in [6, 6.07) is 4.63. The van der Waals surface area contributed by atoms with Crippen LogP contribution in [0.3, 0.4) is 0 Å². The highest BCUT2D eigenvalue weighted by molar-refractivity contribution is 6.28. The number of hydrogen-bond acceptors (Lipinski definition) is 9. The third-order valence-electron chi connectivity index (χ3n) is 8.46. The number of carbonyl (C=O) groups excluding carboxylic acids is 2. The number of fused-ring (bicyclic) bond motifs is 2. The van der Waals surface area contributed by atoms with Gasteiger partial charge in [-0.2, -0.15) is 4.98 Å². The maximum atomic E-state index is 14.4. The number of Topliss-reactive ketones (excluding diaryl/α,β-unsaturated/α-hetero) is 1. The number of nitrogens with one attached hydrogen (secondary N) is 1. The number of halogens is 2. The molecule has 10 nitrogen and oxygen atoms in total. The quantitative estimate of drug-likeness (QED) is 0.278. The predicted octanol–water partition coefficient (Wildman–Crippen LogP) is 3.62. The molecule has 2 aromatic rings. The molecule has 12 heteroatoms. The summed E-state index contributed by atoms with van der Waals surface area (Å²) < 4.78 is 14.4. The monoisotopic (exact) mass is 543 g/mol. The number of nitrogens with two attached hydrogens (primary N) is 1. The maximum Gasteiger partial charge on any atom is 0.224 e. The van der Waals surface area contributed by atoms with Crippen molar-refractivity contribution in [1.82, 2.24) is 14.9 Å². The molecule has 1 saturated heterocycles. The van der Waals surface area contributed by atoms with Gasteiger partial charge in [-0.3, -0.25) is 9.59 Å². The van der Waals surface area contributed by atoms with Crippen LogP contribution in [-0.2, 0) is 4.79 Å². The van der Waals surface area contributed by atoms with Crippen LogP contribution < -0.4 is 16.0 Å². The number of likely N-dealkylation sites (N-methyl/N-ethyl adjacent to an activating group) is 1. The minimum atomic E-state index is -0.660. The smallest absolute Gasteiger partial charge is 0.224 e. The first-order valence-corrected chi connectivity index (χ1v) is 13.3. The molecule has 0 spiro atoms.